The maximum absolute atomic E-state index is 10.8. The molecule has 0 atom stereocenters. The zero-order chi connectivity index (χ0) is 10.6. The van der Waals surface area contributed by atoms with Gasteiger partial charge in [-0.3, -0.25) is 4.79 Å². The molecule has 0 aliphatic carbocycles. The topological polar surface area (TPSA) is 38.3 Å². The minimum Gasteiger partial charge on any atom is -0.491 e. The number of hydrogen-bond acceptors (Lipinski definition) is 2. The summed E-state index contributed by atoms with van der Waals surface area (Å²) in [4.78, 5) is 10.8. The van der Waals surface area contributed by atoms with Crippen LogP contribution in [-0.2, 0) is 4.79 Å². The van der Waals surface area contributed by atoms with Crippen molar-refractivity contribution in [3.8, 4) is 5.75 Å². The quantitative estimate of drug-likeness (QED) is 0.800. The SMILES string of the molecule is CC(=O)Nc1cccc(OC(C)C)c1. The van der Waals surface area contributed by atoms with E-state index in [2.05, 4.69) is 5.32 Å². The molecule has 0 fully saturated rings. The predicted molar refractivity (Wildman–Crippen MR) is 56.5 cm³/mol. The third-order valence-corrected chi connectivity index (χ3v) is 1.53. The van der Waals surface area contributed by atoms with Crippen LogP contribution in [-0.4, -0.2) is 12.0 Å². The van der Waals surface area contributed by atoms with Crippen molar-refractivity contribution in [3.05, 3.63) is 24.3 Å². The van der Waals surface area contributed by atoms with Gasteiger partial charge in [-0.15, -0.1) is 0 Å². The van der Waals surface area contributed by atoms with Gasteiger partial charge in [-0.1, -0.05) is 6.07 Å². The molecule has 1 rings (SSSR count). The average Bonchev–Trinajstić information content (AvgIpc) is 2.01. The lowest BCUT2D eigenvalue weighted by molar-refractivity contribution is -0.114. The van der Waals surface area contributed by atoms with Crippen LogP contribution < -0.4 is 10.1 Å². The molecule has 0 saturated heterocycles. The van der Waals surface area contributed by atoms with Gasteiger partial charge in [0, 0.05) is 18.7 Å². The van der Waals surface area contributed by atoms with Gasteiger partial charge in [0.25, 0.3) is 0 Å². The van der Waals surface area contributed by atoms with Crippen molar-refractivity contribution in [2.45, 2.75) is 26.9 Å². The van der Waals surface area contributed by atoms with E-state index in [0.29, 0.717) is 0 Å². The fraction of sp³-hybridized carbons (Fsp3) is 0.364. The van der Waals surface area contributed by atoms with Crippen LogP contribution in [0.2, 0.25) is 0 Å². The minimum atomic E-state index is -0.0771. The Bertz CT molecular complexity index is 321. The highest BCUT2D eigenvalue weighted by molar-refractivity contribution is 5.88. The summed E-state index contributed by atoms with van der Waals surface area (Å²) in [6, 6.07) is 7.35. The van der Waals surface area contributed by atoms with E-state index in [0.717, 1.165) is 11.4 Å². The van der Waals surface area contributed by atoms with Crippen LogP contribution in [0.5, 0.6) is 5.75 Å². The summed E-state index contributed by atoms with van der Waals surface area (Å²) in [6.45, 7) is 5.41. The van der Waals surface area contributed by atoms with E-state index >= 15 is 0 Å². The zero-order valence-corrected chi connectivity index (χ0v) is 8.70. The highest BCUT2D eigenvalue weighted by Gasteiger charge is 1.99. The van der Waals surface area contributed by atoms with Crippen LogP contribution in [0.3, 0.4) is 0 Å². The van der Waals surface area contributed by atoms with Crippen molar-refractivity contribution in [1.82, 2.24) is 0 Å². The number of rotatable bonds is 3. The molecule has 0 aromatic heterocycles. The molecule has 0 heterocycles. The molecule has 0 radical (unpaired) electrons. The Labute approximate surface area is 84.1 Å². The third kappa shape index (κ3) is 3.47. The monoisotopic (exact) mass is 193 g/mol. The molecule has 1 amide bonds. The van der Waals surface area contributed by atoms with Crippen LogP contribution in [0, 0.1) is 0 Å². The highest BCUT2D eigenvalue weighted by atomic mass is 16.5. The van der Waals surface area contributed by atoms with Gasteiger partial charge in [0.15, 0.2) is 0 Å². The number of amides is 1. The van der Waals surface area contributed by atoms with Gasteiger partial charge < -0.3 is 10.1 Å². The molecule has 0 bridgehead atoms. The first-order valence-electron chi connectivity index (χ1n) is 4.62. The summed E-state index contributed by atoms with van der Waals surface area (Å²) in [5.41, 5.74) is 0.760. The van der Waals surface area contributed by atoms with Gasteiger partial charge in [0.05, 0.1) is 6.10 Å². The molecule has 14 heavy (non-hydrogen) atoms. The first-order valence-corrected chi connectivity index (χ1v) is 4.62. The summed E-state index contributed by atoms with van der Waals surface area (Å²) in [7, 11) is 0. The number of benzene rings is 1. The maximum atomic E-state index is 10.8. The van der Waals surface area contributed by atoms with Gasteiger partial charge in [-0.25, -0.2) is 0 Å². The Morgan fingerprint density at radius 3 is 2.71 bits per heavy atom. The minimum absolute atomic E-state index is 0.0771. The van der Waals surface area contributed by atoms with Crippen molar-refractivity contribution in [3.63, 3.8) is 0 Å². The van der Waals surface area contributed by atoms with E-state index in [1.807, 2.05) is 32.0 Å². The van der Waals surface area contributed by atoms with Crippen molar-refractivity contribution in [2.24, 2.45) is 0 Å². The molecule has 0 saturated carbocycles. The third-order valence-electron chi connectivity index (χ3n) is 1.53. The highest BCUT2D eigenvalue weighted by Crippen LogP contribution is 2.18. The molecule has 76 valence electrons. The number of nitrogens with one attached hydrogen (secondary N) is 1. The Kier molecular flexibility index (Phi) is 3.51. The van der Waals surface area contributed by atoms with Crippen LogP contribution in [0.4, 0.5) is 5.69 Å². The molecule has 0 spiro atoms. The van der Waals surface area contributed by atoms with Gasteiger partial charge in [-0.05, 0) is 26.0 Å². The first kappa shape index (κ1) is 10.6. The van der Waals surface area contributed by atoms with E-state index in [4.69, 9.17) is 4.74 Å². The molecule has 1 aromatic carbocycles. The Morgan fingerprint density at radius 2 is 2.14 bits per heavy atom. The largest absolute Gasteiger partial charge is 0.491 e. The standard InChI is InChI=1S/C11H15NO2/c1-8(2)14-11-6-4-5-10(7-11)12-9(3)13/h4-8H,1-3H3,(H,12,13). The fourth-order valence-corrected chi connectivity index (χ4v) is 1.12. The summed E-state index contributed by atoms with van der Waals surface area (Å²) in [5, 5.41) is 2.70. The lowest BCUT2D eigenvalue weighted by Gasteiger charge is -2.10. The van der Waals surface area contributed by atoms with Crippen LogP contribution in [0.15, 0.2) is 24.3 Å². The lowest BCUT2D eigenvalue weighted by Crippen LogP contribution is -2.08. The number of ether oxygens (including phenoxy) is 1. The fourth-order valence-electron chi connectivity index (χ4n) is 1.12. The van der Waals surface area contributed by atoms with Crippen molar-refractivity contribution in [1.29, 1.82) is 0 Å². The molecule has 3 nitrogen and oxygen atoms in total. The Morgan fingerprint density at radius 1 is 1.43 bits per heavy atom. The maximum Gasteiger partial charge on any atom is 0.221 e. The molecular weight excluding hydrogens is 178 g/mol. The van der Waals surface area contributed by atoms with Gasteiger partial charge in [0.1, 0.15) is 5.75 Å². The molecule has 0 aliphatic heterocycles. The van der Waals surface area contributed by atoms with Crippen molar-refractivity contribution in [2.75, 3.05) is 5.32 Å². The summed E-state index contributed by atoms with van der Waals surface area (Å²) >= 11 is 0. The molecule has 0 aliphatic rings. The van der Waals surface area contributed by atoms with Crippen molar-refractivity contribution >= 4 is 11.6 Å². The predicted octanol–water partition coefficient (Wildman–Crippen LogP) is 2.43. The van der Waals surface area contributed by atoms with Crippen LogP contribution in [0.25, 0.3) is 0 Å². The van der Waals surface area contributed by atoms with Gasteiger partial charge >= 0.3 is 0 Å². The van der Waals surface area contributed by atoms with E-state index in [-0.39, 0.29) is 12.0 Å². The van der Waals surface area contributed by atoms with E-state index in [1.165, 1.54) is 6.92 Å². The normalized spacial score (nSPS) is 10.0. The second-order valence-electron chi connectivity index (χ2n) is 3.38. The van der Waals surface area contributed by atoms with E-state index in [9.17, 15) is 4.79 Å². The van der Waals surface area contributed by atoms with Crippen LogP contribution >= 0.6 is 0 Å². The molecule has 1 aromatic rings. The summed E-state index contributed by atoms with van der Waals surface area (Å²) in [5.74, 6) is 0.693. The second-order valence-corrected chi connectivity index (χ2v) is 3.38. The summed E-state index contributed by atoms with van der Waals surface area (Å²) in [6.07, 6.45) is 0.141. The number of carbonyl (C=O) groups is 1. The first-order chi connectivity index (χ1) is 6.58. The number of hydrogen-bond donors (Lipinski definition) is 1. The van der Waals surface area contributed by atoms with E-state index in [1.54, 1.807) is 6.07 Å². The van der Waals surface area contributed by atoms with Gasteiger partial charge in [-0.2, -0.15) is 0 Å². The summed E-state index contributed by atoms with van der Waals surface area (Å²) < 4.78 is 5.49. The molecule has 3 heteroatoms. The number of carbonyl (C=O) groups excluding carboxylic acids is 1. The second kappa shape index (κ2) is 4.65. The molecule has 0 unspecified atom stereocenters. The van der Waals surface area contributed by atoms with Gasteiger partial charge in [0.2, 0.25) is 5.91 Å². The zero-order valence-electron chi connectivity index (χ0n) is 8.70. The number of anilines is 1. The lowest BCUT2D eigenvalue weighted by atomic mass is 10.3. The molecule has 1 N–H and O–H groups in total. The molecular formula is C11H15NO2. The van der Waals surface area contributed by atoms with Crippen molar-refractivity contribution < 1.29 is 9.53 Å². The van der Waals surface area contributed by atoms with Crippen LogP contribution in [0.1, 0.15) is 20.8 Å². The van der Waals surface area contributed by atoms with E-state index < -0.39 is 0 Å². The Hall–Kier alpha value is -1.51. The Balaban J connectivity index is 2.73. The smallest absolute Gasteiger partial charge is 0.221 e. The average molecular weight is 193 g/mol.